The maximum atomic E-state index is 13.8. The zero-order chi connectivity index (χ0) is 27.8. The number of rotatable bonds is 4. The molecule has 6 rings (SSSR count). The molecule has 0 radical (unpaired) electrons. The van der Waals surface area contributed by atoms with Crippen molar-refractivity contribution in [2.24, 2.45) is 16.2 Å². The van der Waals surface area contributed by atoms with Crippen molar-refractivity contribution in [3.63, 3.8) is 0 Å². The molecule has 3 heterocycles. The molecule has 1 aliphatic carbocycles. The maximum absolute atomic E-state index is 13.8. The zero-order valence-corrected chi connectivity index (χ0v) is 21.5. The highest BCUT2D eigenvalue weighted by Gasteiger charge is 2.96. The largest absolute Gasteiger partial charge is 0.461 e. The highest BCUT2D eigenvalue weighted by Crippen LogP contribution is 2.78. The summed E-state index contributed by atoms with van der Waals surface area (Å²) in [6, 6.07) is 16.0. The van der Waals surface area contributed by atoms with Crippen LogP contribution in [0.4, 0.5) is 0 Å². The summed E-state index contributed by atoms with van der Waals surface area (Å²) in [7, 11) is 0. The van der Waals surface area contributed by atoms with Crippen LogP contribution in [0.3, 0.4) is 0 Å². The fraction of sp³-hybridized carbons (Fsp3) is 0.414. The summed E-state index contributed by atoms with van der Waals surface area (Å²) >= 11 is 0. The van der Waals surface area contributed by atoms with Crippen LogP contribution >= 0.6 is 0 Å². The lowest BCUT2D eigenvalue weighted by Crippen LogP contribution is -2.64. The van der Waals surface area contributed by atoms with Crippen molar-refractivity contribution in [2.75, 3.05) is 0 Å². The van der Waals surface area contributed by atoms with Crippen LogP contribution in [-0.2, 0) is 38.1 Å². The van der Waals surface area contributed by atoms with E-state index in [1.807, 2.05) is 0 Å². The van der Waals surface area contributed by atoms with Crippen LogP contribution in [0.25, 0.3) is 0 Å². The van der Waals surface area contributed by atoms with Gasteiger partial charge in [-0.25, -0.2) is 14.4 Å². The Hall–Kier alpha value is -4.21. The molecule has 202 valence electrons. The first kappa shape index (κ1) is 25.1. The van der Waals surface area contributed by atoms with Crippen molar-refractivity contribution in [2.45, 2.75) is 57.7 Å². The van der Waals surface area contributed by atoms with Gasteiger partial charge in [-0.05, 0) is 24.3 Å². The Morgan fingerprint density at radius 2 is 1.41 bits per heavy atom. The van der Waals surface area contributed by atoms with Gasteiger partial charge in [-0.1, -0.05) is 57.2 Å². The van der Waals surface area contributed by atoms with Crippen LogP contribution in [0.5, 0.6) is 0 Å². The number of esters is 5. The average Bonchev–Trinajstić information content (AvgIpc) is 3.53. The second-order valence-electron chi connectivity index (χ2n) is 11.4. The van der Waals surface area contributed by atoms with Gasteiger partial charge in [-0.2, -0.15) is 0 Å². The molecule has 10 heteroatoms. The minimum Gasteiger partial charge on any atom is -0.461 e. The molecule has 2 bridgehead atoms. The third kappa shape index (κ3) is 3.05. The van der Waals surface area contributed by atoms with E-state index in [-0.39, 0.29) is 17.5 Å². The van der Waals surface area contributed by atoms with Gasteiger partial charge in [0, 0.05) is 11.8 Å². The van der Waals surface area contributed by atoms with Crippen molar-refractivity contribution >= 4 is 29.8 Å². The number of cyclic esters (lactones) is 1. The van der Waals surface area contributed by atoms with Crippen LogP contribution in [0.2, 0.25) is 0 Å². The lowest BCUT2D eigenvalue weighted by atomic mass is 9.53. The van der Waals surface area contributed by atoms with Crippen LogP contribution in [0, 0.1) is 16.2 Å². The Balaban J connectivity index is 1.55. The third-order valence-electron chi connectivity index (χ3n) is 8.65. The van der Waals surface area contributed by atoms with Gasteiger partial charge in [0.25, 0.3) is 6.29 Å². The van der Waals surface area contributed by atoms with E-state index in [0.717, 1.165) is 0 Å². The van der Waals surface area contributed by atoms with Crippen LogP contribution in [0.1, 0.15) is 54.3 Å². The molecule has 0 N–H and O–H groups in total. The molecule has 10 nitrogen and oxygen atoms in total. The fourth-order valence-electron chi connectivity index (χ4n) is 7.05. The molecule has 4 fully saturated rings. The van der Waals surface area contributed by atoms with Gasteiger partial charge in [-0.15, -0.1) is 0 Å². The molecule has 2 aromatic carbocycles. The number of carbonyl (C=O) groups is 5. The summed E-state index contributed by atoms with van der Waals surface area (Å²) in [5, 5.41) is 0. The van der Waals surface area contributed by atoms with Crippen LogP contribution in [0.15, 0.2) is 60.7 Å². The minimum absolute atomic E-state index is 0.00337. The van der Waals surface area contributed by atoms with Crippen molar-refractivity contribution in [1.29, 1.82) is 0 Å². The van der Waals surface area contributed by atoms with Crippen LogP contribution in [-0.4, -0.2) is 53.9 Å². The van der Waals surface area contributed by atoms with Crippen LogP contribution < -0.4 is 0 Å². The predicted molar refractivity (Wildman–Crippen MR) is 130 cm³/mol. The number of hydrogen-bond acceptors (Lipinski definition) is 10. The van der Waals surface area contributed by atoms with Gasteiger partial charge in [0.15, 0.2) is 5.41 Å². The Kier molecular flexibility index (Phi) is 5.24. The van der Waals surface area contributed by atoms with Crippen molar-refractivity contribution in [3.05, 3.63) is 71.8 Å². The van der Waals surface area contributed by atoms with Gasteiger partial charge in [0.2, 0.25) is 6.10 Å². The molecule has 0 amide bonds. The molecule has 39 heavy (non-hydrogen) atoms. The molecule has 2 aromatic rings. The molecule has 3 aliphatic heterocycles. The fourth-order valence-corrected chi connectivity index (χ4v) is 7.05. The SMILES string of the molecule is CC(C)(C)C12CC3OC(=O)CC3(C(=O)O1)C21C(OC(=O)c2ccccc2)OC(=O)C1OC(=O)c1ccccc1. The topological polar surface area (TPSA) is 132 Å². The number of benzene rings is 2. The van der Waals surface area contributed by atoms with E-state index < -0.39 is 76.6 Å². The Morgan fingerprint density at radius 1 is 0.846 bits per heavy atom. The minimum atomic E-state index is -1.92. The average molecular weight is 535 g/mol. The van der Waals surface area contributed by atoms with Gasteiger partial charge in [-0.3, -0.25) is 9.59 Å². The van der Waals surface area contributed by atoms with E-state index in [4.69, 9.17) is 23.7 Å². The normalized spacial score (nSPS) is 34.3. The molecular formula is C29H26O10. The molecule has 4 aliphatic rings. The molecule has 2 spiro atoms. The summed E-state index contributed by atoms with van der Waals surface area (Å²) in [6.45, 7) is 5.37. The maximum Gasteiger partial charge on any atom is 0.351 e. The molecule has 6 atom stereocenters. The van der Waals surface area contributed by atoms with Crippen molar-refractivity contribution < 1.29 is 47.7 Å². The molecule has 6 unspecified atom stereocenters. The Bertz CT molecular complexity index is 1400. The van der Waals surface area contributed by atoms with Crippen molar-refractivity contribution in [1.82, 2.24) is 0 Å². The van der Waals surface area contributed by atoms with E-state index in [0.29, 0.717) is 0 Å². The van der Waals surface area contributed by atoms with E-state index in [1.165, 1.54) is 24.3 Å². The summed E-state index contributed by atoms with van der Waals surface area (Å²) in [4.78, 5) is 66.7. The number of ether oxygens (including phenoxy) is 5. The second-order valence-corrected chi connectivity index (χ2v) is 11.4. The lowest BCUT2D eigenvalue weighted by molar-refractivity contribution is -0.220. The van der Waals surface area contributed by atoms with E-state index in [9.17, 15) is 24.0 Å². The number of carbonyl (C=O) groups excluding carboxylic acids is 5. The Labute approximate surface area is 223 Å². The molecular weight excluding hydrogens is 508 g/mol. The third-order valence-corrected chi connectivity index (χ3v) is 8.65. The van der Waals surface area contributed by atoms with Crippen molar-refractivity contribution in [3.8, 4) is 0 Å². The first-order valence-electron chi connectivity index (χ1n) is 12.6. The van der Waals surface area contributed by atoms with Gasteiger partial charge in [0.1, 0.15) is 17.1 Å². The first-order chi connectivity index (χ1) is 18.5. The summed E-state index contributed by atoms with van der Waals surface area (Å²) in [6.07, 6.45) is -4.93. The molecule has 3 saturated heterocycles. The lowest BCUT2D eigenvalue weighted by Gasteiger charge is -2.49. The summed E-state index contributed by atoms with van der Waals surface area (Å²) in [5.74, 6) is -4.17. The number of hydrogen-bond donors (Lipinski definition) is 0. The summed E-state index contributed by atoms with van der Waals surface area (Å²) in [5.41, 5.74) is -5.88. The smallest absolute Gasteiger partial charge is 0.351 e. The van der Waals surface area contributed by atoms with Gasteiger partial charge < -0.3 is 23.7 Å². The Morgan fingerprint density at radius 3 is 1.97 bits per heavy atom. The zero-order valence-electron chi connectivity index (χ0n) is 21.5. The second kappa shape index (κ2) is 8.14. The molecule has 1 saturated carbocycles. The first-order valence-corrected chi connectivity index (χ1v) is 12.6. The van der Waals surface area contributed by atoms with Gasteiger partial charge >= 0.3 is 29.8 Å². The van der Waals surface area contributed by atoms with E-state index in [1.54, 1.807) is 57.2 Å². The van der Waals surface area contributed by atoms with E-state index in [2.05, 4.69) is 0 Å². The monoisotopic (exact) mass is 534 g/mol. The highest BCUT2D eigenvalue weighted by atomic mass is 16.7. The summed E-state index contributed by atoms with van der Waals surface area (Å²) < 4.78 is 29.1. The van der Waals surface area contributed by atoms with Gasteiger partial charge in [0.05, 0.1) is 17.5 Å². The van der Waals surface area contributed by atoms with E-state index >= 15 is 0 Å². The highest BCUT2D eigenvalue weighted by molar-refractivity contribution is 5.98. The standard InChI is InChI=1S/C29H26O10/c1-26(2,3)28-14-18-27(24(34)39-28,15-19(30)35-18)29(28)20(36-21(31)16-10-6-4-7-11-16)23(33)38-25(29)37-22(32)17-12-8-5-9-13-17/h4-13,18,20,25H,14-15H2,1-3H3. The quantitative estimate of drug-likeness (QED) is 0.426. The molecule has 0 aromatic heterocycles. The predicted octanol–water partition coefficient (Wildman–Crippen LogP) is 2.99.